The maximum atomic E-state index is 4.37. The van der Waals surface area contributed by atoms with Crippen LogP contribution in [0.5, 0.6) is 0 Å². The summed E-state index contributed by atoms with van der Waals surface area (Å²) < 4.78 is 0. The Morgan fingerprint density at radius 2 is 2.53 bits per heavy atom. The highest BCUT2D eigenvalue weighted by Gasteiger charge is 2.03. The van der Waals surface area contributed by atoms with Crippen LogP contribution in [0.1, 0.15) is 16.9 Å². The Hall–Kier alpha value is -1.03. The molecule has 0 spiro atoms. The number of guanidine groups is 1. The van der Waals surface area contributed by atoms with Gasteiger partial charge in [-0.05, 0) is 36.8 Å². The van der Waals surface area contributed by atoms with Gasteiger partial charge >= 0.3 is 0 Å². The van der Waals surface area contributed by atoms with Gasteiger partial charge in [-0.3, -0.25) is 4.99 Å². The summed E-state index contributed by atoms with van der Waals surface area (Å²) in [5.41, 5.74) is 1.40. The summed E-state index contributed by atoms with van der Waals surface area (Å²) in [5, 5.41) is 8.74. The third-order valence-corrected chi connectivity index (χ3v) is 3.59. The van der Waals surface area contributed by atoms with Crippen molar-refractivity contribution in [1.82, 2.24) is 10.6 Å². The van der Waals surface area contributed by atoms with E-state index >= 15 is 0 Å². The first-order valence-electron chi connectivity index (χ1n) is 5.41. The fraction of sp³-hybridized carbons (Fsp3) is 0.545. The smallest absolute Gasteiger partial charge is 0.191 e. The van der Waals surface area contributed by atoms with E-state index in [1.54, 1.807) is 0 Å². The molecule has 0 atom stereocenters. The molecule has 2 rings (SSSR count). The van der Waals surface area contributed by atoms with E-state index in [0.717, 1.165) is 38.4 Å². The fourth-order valence-corrected chi connectivity index (χ4v) is 2.52. The van der Waals surface area contributed by atoms with Crippen LogP contribution in [-0.2, 0) is 6.42 Å². The summed E-state index contributed by atoms with van der Waals surface area (Å²) in [4.78, 5) is 5.84. The summed E-state index contributed by atoms with van der Waals surface area (Å²) in [6.45, 7) is 5.13. The van der Waals surface area contributed by atoms with Gasteiger partial charge in [0.15, 0.2) is 5.96 Å². The molecule has 2 heterocycles. The third-order valence-electron chi connectivity index (χ3n) is 2.51. The first-order valence-corrected chi connectivity index (χ1v) is 6.29. The molecule has 3 nitrogen and oxygen atoms in total. The van der Waals surface area contributed by atoms with Crippen LogP contribution < -0.4 is 10.6 Å². The van der Waals surface area contributed by atoms with Crippen LogP contribution in [0, 0.1) is 6.92 Å². The molecule has 0 radical (unpaired) electrons. The third kappa shape index (κ3) is 2.96. The Labute approximate surface area is 94.6 Å². The van der Waals surface area contributed by atoms with Gasteiger partial charge in [-0.2, -0.15) is 0 Å². The Morgan fingerprint density at radius 3 is 3.20 bits per heavy atom. The zero-order valence-corrected chi connectivity index (χ0v) is 9.86. The molecule has 0 bridgehead atoms. The summed E-state index contributed by atoms with van der Waals surface area (Å²) in [6, 6.07) is 2.18. The molecule has 2 N–H and O–H groups in total. The normalized spacial score (nSPS) is 15.7. The van der Waals surface area contributed by atoms with Crippen LogP contribution in [0.25, 0.3) is 0 Å². The Kier molecular flexibility index (Phi) is 3.61. The number of hydrogen-bond acceptors (Lipinski definition) is 4. The highest BCUT2D eigenvalue weighted by molar-refractivity contribution is 7.10. The monoisotopic (exact) mass is 223 g/mol. The minimum absolute atomic E-state index is 0.952. The van der Waals surface area contributed by atoms with Crippen molar-refractivity contribution in [3.05, 3.63) is 21.9 Å². The minimum atomic E-state index is 0.952. The molecule has 0 saturated carbocycles. The molecule has 0 aliphatic carbocycles. The maximum absolute atomic E-state index is 4.37. The first-order chi connectivity index (χ1) is 7.36. The molecule has 0 amide bonds. The van der Waals surface area contributed by atoms with Crippen molar-refractivity contribution in [1.29, 1.82) is 0 Å². The molecule has 1 aromatic rings. The van der Waals surface area contributed by atoms with Crippen LogP contribution in [0.15, 0.2) is 16.4 Å². The van der Waals surface area contributed by atoms with E-state index in [0.29, 0.717) is 0 Å². The molecule has 0 saturated heterocycles. The molecule has 0 unspecified atom stereocenters. The van der Waals surface area contributed by atoms with E-state index in [4.69, 9.17) is 0 Å². The second-order valence-electron chi connectivity index (χ2n) is 3.71. The Bertz CT molecular complexity index is 343. The molecular formula is C11H17N3S. The van der Waals surface area contributed by atoms with Crippen molar-refractivity contribution in [3.8, 4) is 0 Å². The zero-order valence-electron chi connectivity index (χ0n) is 9.05. The van der Waals surface area contributed by atoms with Gasteiger partial charge in [0.2, 0.25) is 0 Å². The number of rotatable bonds is 3. The van der Waals surface area contributed by atoms with Crippen molar-refractivity contribution < 1.29 is 0 Å². The molecule has 1 aliphatic rings. The predicted molar refractivity (Wildman–Crippen MR) is 65.7 cm³/mol. The summed E-state index contributed by atoms with van der Waals surface area (Å²) >= 11 is 1.84. The molecule has 82 valence electrons. The van der Waals surface area contributed by atoms with Gasteiger partial charge in [-0.25, -0.2) is 0 Å². The van der Waals surface area contributed by atoms with Crippen molar-refractivity contribution in [2.75, 3.05) is 19.6 Å². The average Bonchev–Trinajstić information content (AvgIpc) is 2.66. The second kappa shape index (κ2) is 5.16. The summed E-state index contributed by atoms with van der Waals surface area (Å²) in [6.07, 6.45) is 2.24. The number of aryl methyl sites for hydroxylation is 1. The van der Waals surface area contributed by atoms with Crippen molar-refractivity contribution in [2.24, 2.45) is 4.99 Å². The first kappa shape index (κ1) is 10.5. The van der Waals surface area contributed by atoms with Gasteiger partial charge in [0, 0.05) is 24.5 Å². The summed E-state index contributed by atoms with van der Waals surface area (Å²) in [7, 11) is 0. The maximum Gasteiger partial charge on any atom is 0.191 e. The van der Waals surface area contributed by atoms with Gasteiger partial charge < -0.3 is 10.6 Å². The van der Waals surface area contributed by atoms with Crippen molar-refractivity contribution >= 4 is 17.3 Å². The van der Waals surface area contributed by atoms with Crippen LogP contribution in [0.4, 0.5) is 0 Å². The number of thiophene rings is 1. The van der Waals surface area contributed by atoms with Crippen LogP contribution in [0.3, 0.4) is 0 Å². The average molecular weight is 223 g/mol. The van der Waals surface area contributed by atoms with Gasteiger partial charge in [0.05, 0.1) is 0 Å². The quantitative estimate of drug-likeness (QED) is 0.815. The number of hydrogen-bond donors (Lipinski definition) is 2. The lowest BCUT2D eigenvalue weighted by Gasteiger charge is -2.15. The standard InChI is InChI=1S/C11H17N3S/c1-9-4-8-15-10(9)3-7-14-11-12-5-2-6-13-11/h4,8H,2-3,5-7H2,1H3,(H2,12,13,14). The Balaban J connectivity index is 1.75. The Morgan fingerprint density at radius 1 is 1.60 bits per heavy atom. The zero-order chi connectivity index (χ0) is 10.5. The fourth-order valence-electron chi connectivity index (χ4n) is 1.61. The molecule has 0 aromatic carbocycles. The lowest BCUT2D eigenvalue weighted by atomic mass is 10.2. The van der Waals surface area contributed by atoms with E-state index in [2.05, 4.69) is 34.0 Å². The van der Waals surface area contributed by atoms with Crippen LogP contribution in [0.2, 0.25) is 0 Å². The van der Waals surface area contributed by atoms with E-state index in [9.17, 15) is 0 Å². The van der Waals surface area contributed by atoms with E-state index in [-0.39, 0.29) is 0 Å². The second-order valence-corrected chi connectivity index (χ2v) is 4.71. The lowest BCUT2D eigenvalue weighted by Crippen LogP contribution is -2.41. The van der Waals surface area contributed by atoms with Crippen LogP contribution in [-0.4, -0.2) is 25.6 Å². The van der Waals surface area contributed by atoms with Crippen LogP contribution >= 0.6 is 11.3 Å². The van der Waals surface area contributed by atoms with Crippen molar-refractivity contribution in [2.45, 2.75) is 19.8 Å². The number of nitrogens with zero attached hydrogens (tertiary/aromatic N) is 1. The molecule has 15 heavy (non-hydrogen) atoms. The number of nitrogens with one attached hydrogen (secondary N) is 2. The van der Waals surface area contributed by atoms with Gasteiger partial charge in [0.1, 0.15) is 0 Å². The molecule has 0 fully saturated rings. The molecule has 1 aromatic heterocycles. The molecular weight excluding hydrogens is 206 g/mol. The van der Waals surface area contributed by atoms with Crippen molar-refractivity contribution in [3.63, 3.8) is 0 Å². The van der Waals surface area contributed by atoms with E-state index < -0.39 is 0 Å². The SMILES string of the molecule is Cc1ccsc1CCNC1=NCCCN1. The molecule has 4 heteroatoms. The minimum Gasteiger partial charge on any atom is -0.356 e. The molecule has 1 aliphatic heterocycles. The van der Waals surface area contributed by atoms with E-state index in [1.165, 1.54) is 10.4 Å². The topological polar surface area (TPSA) is 36.4 Å². The highest BCUT2D eigenvalue weighted by atomic mass is 32.1. The van der Waals surface area contributed by atoms with E-state index in [1.807, 2.05) is 11.3 Å². The lowest BCUT2D eigenvalue weighted by molar-refractivity contribution is 0.701. The predicted octanol–water partition coefficient (Wildman–Crippen LogP) is 1.54. The highest BCUT2D eigenvalue weighted by Crippen LogP contribution is 2.15. The van der Waals surface area contributed by atoms with Gasteiger partial charge in [0.25, 0.3) is 0 Å². The van der Waals surface area contributed by atoms with Gasteiger partial charge in [-0.1, -0.05) is 0 Å². The summed E-state index contributed by atoms with van der Waals surface area (Å²) in [5.74, 6) is 0.968. The largest absolute Gasteiger partial charge is 0.356 e. The number of aliphatic imine (C=N–C) groups is 1. The van der Waals surface area contributed by atoms with Gasteiger partial charge in [-0.15, -0.1) is 11.3 Å².